The molecule has 2 aromatic rings. The van der Waals surface area contributed by atoms with Gasteiger partial charge in [-0.3, -0.25) is 9.48 Å². The number of furan rings is 1. The molecule has 2 heterocycles. The summed E-state index contributed by atoms with van der Waals surface area (Å²) >= 11 is 0. The minimum atomic E-state index is -1.03. The maximum atomic E-state index is 12.1. The molecule has 0 bridgehead atoms. The molecule has 0 aliphatic carbocycles. The van der Waals surface area contributed by atoms with E-state index in [9.17, 15) is 9.59 Å². The van der Waals surface area contributed by atoms with Crippen molar-refractivity contribution in [1.82, 2.24) is 14.7 Å². The molecule has 7 nitrogen and oxygen atoms in total. The predicted octanol–water partition coefficient (Wildman–Crippen LogP) is 1.61. The van der Waals surface area contributed by atoms with Crippen molar-refractivity contribution in [3.63, 3.8) is 0 Å². The zero-order valence-corrected chi connectivity index (χ0v) is 12.9. The maximum absolute atomic E-state index is 12.1. The van der Waals surface area contributed by atoms with Crippen LogP contribution in [0.3, 0.4) is 0 Å². The molecule has 0 spiro atoms. The van der Waals surface area contributed by atoms with Crippen LogP contribution in [0.2, 0.25) is 0 Å². The lowest BCUT2D eigenvalue weighted by molar-refractivity contribution is -0.130. The van der Waals surface area contributed by atoms with Gasteiger partial charge in [-0.05, 0) is 25.5 Å². The lowest BCUT2D eigenvalue weighted by Gasteiger charge is -2.15. The van der Waals surface area contributed by atoms with Crippen LogP contribution in [0.15, 0.2) is 22.7 Å². The Morgan fingerprint density at radius 1 is 1.45 bits per heavy atom. The topological polar surface area (TPSA) is 88.6 Å². The molecule has 0 atom stereocenters. The summed E-state index contributed by atoms with van der Waals surface area (Å²) in [5.74, 6) is -0.255. The van der Waals surface area contributed by atoms with Gasteiger partial charge in [-0.2, -0.15) is 5.10 Å². The number of carbonyl (C=O) groups is 2. The van der Waals surface area contributed by atoms with Gasteiger partial charge in [0.1, 0.15) is 17.1 Å². The van der Waals surface area contributed by atoms with Gasteiger partial charge in [0.2, 0.25) is 5.91 Å². The van der Waals surface area contributed by atoms with Crippen molar-refractivity contribution in [2.75, 3.05) is 7.05 Å². The molecule has 0 saturated carbocycles. The van der Waals surface area contributed by atoms with Crippen LogP contribution in [-0.2, 0) is 24.8 Å². The molecule has 0 fully saturated rings. The van der Waals surface area contributed by atoms with E-state index >= 15 is 0 Å². The molecule has 0 aromatic carbocycles. The van der Waals surface area contributed by atoms with E-state index in [1.807, 2.05) is 13.1 Å². The van der Waals surface area contributed by atoms with Gasteiger partial charge in [-0.25, -0.2) is 4.79 Å². The van der Waals surface area contributed by atoms with Gasteiger partial charge >= 0.3 is 5.97 Å². The second-order valence-electron chi connectivity index (χ2n) is 5.18. The number of nitrogens with zero attached hydrogens (tertiary/aromatic N) is 3. The number of carboxylic acid groups (broad SMARTS) is 1. The van der Waals surface area contributed by atoms with E-state index < -0.39 is 5.97 Å². The van der Waals surface area contributed by atoms with Crippen LogP contribution < -0.4 is 0 Å². The number of amides is 1. The van der Waals surface area contributed by atoms with Crippen LogP contribution in [0.4, 0.5) is 0 Å². The molecule has 7 heteroatoms. The number of hydrogen-bond acceptors (Lipinski definition) is 4. The Hall–Kier alpha value is -2.57. The summed E-state index contributed by atoms with van der Waals surface area (Å²) in [6, 6.07) is 3.34. The fraction of sp³-hybridized carbons (Fsp3) is 0.400. The minimum absolute atomic E-state index is 0.0351. The van der Waals surface area contributed by atoms with Gasteiger partial charge in [0.15, 0.2) is 0 Å². The molecule has 2 aromatic heterocycles. The normalized spacial score (nSPS) is 10.7. The zero-order valence-electron chi connectivity index (χ0n) is 12.9. The van der Waals surface area contributed by atoms with E-state index in [0.717, 1.165) is 5.69 Å². The summed E-state index contributed by atoms with van der Waals surface area (Å²) in [6.45, 7) is 1.84. The monoisotopic (exact) mass is 305 g/mol. The number of aromatic nitrogens is 2. The molecule has 0 radical (unpaired) electrons. The van der Waals surface area contributed by atoms with Crippen LogP contribution in [0.25, 0.3) is 0 Å². The maximum Gasteiger partial charge on any atom is 0.339 e. The van der Waals surface area contributed by atoms with Crippen LogP contribution >= 0.6 is 0 Å². The number of rotatable bonds is 6. The SMILES string of the molecule is Cc1oc(CN(C)C(=O)CCc2ccnn2C)cc1C(=O)O. The van der Waals surface area contributed by atoms with Crippen LogP contribution in [0.1, 0.15) is 34.0 Å². The first-order valence-electron chi connectivity index (χ1n) is 6.92. The van der Waals surface area contributed by atoms with Crippen molar-refractivity contribution in [3.05, 3.63) is 41.1 Å². The van der Waals surface area contributed by atoms with Crippen molar-refractivity contribution < 1.29 is 19.1 Å². The van der Waals surface area contributed by atoms with Gasteiger partial charge in [-0.15, -0.1) is 0 Å². The first-order chi connectivity index (χ1) is 10.4. The molecule has 22 heavy (non-hydrogen) atoms. The summed E-state index contributed by atoms with van der Waals surface area (Å²) < 4.78 is 7.12. The molecular formula is C15H19N3O4. The number of carboxylic acids is 1. The zero-order chi connectivity index (χ0) is 16.3. The van der Waals surface area contributed by atoms with Crippen LogP contribution in [-0.4, -0.2) is 38.7 Å². The molecule has 118 valence electrons. The average Bonchev–Trinajstić information content (AvgIpc) is 3.02. The van der Waals surface area contributed by atoms with E-state index in [1.54, 1.807) is 24.9 Å². The largest absolute Gasteiger partial charge is 0.478 e. The summed E-state index contributed by atoms with van der Waals surface area (Å²) in [7, 11) is 3.51. The van der Waals surface area contributed by atoms with Crippen molar-refractivity contribution in [2.24, 2.45) is 7.05 Å². The van der Waals surface area contributed by atoms with Crippen molar-refractivity contribution in [3.8, 4) is 0 Å². The summed E-state index contributed by atoms with van der Waals surface area (Å²) in [5.41, 5.74) is 1.12. The predicted molar refractivity (Wildman–Crippen MR) is 78.4 cm³/mol. The summed E-state index contributed by atoms with van der Waals surface area (Å²) in [6.07, 6.45) is 2.67. The molecular weight excluding hydrogens is 286 g/mol. The molecule has 2 rings (SSSR count). The van der Waals surface area contributed by atoms with E-state index in [-0.39, 0.29) is 18.0 Å². The van der Waals surface area contributed by atoms with Gasteiger partial charge < -0.3 is 14.4 Å². The second-order valence-corrected chi connectivity index (χ2v) is 5.18. The number of carbonyl (C=O) groups excluding carboxylic acids is 1. The van der Waals surface area contributed by atoms with Crippen molar-refractivity contribution >= 4 is 11.9 Å². The Kier molecular flexibility index (Phi) is 4.65. The van der Waals surface area contributed by atoms with Crippen LogP contribution in [0.5, 0.6) is 0 Å². The highest BCUT2D eigenvalue weighted by Gasteiger charge is 2.17. The van der Waals surface area contributed by atoms with Crippen molar-refractivity contribution in [2.45, 2.75) is 26.3 Å². The average molecular weight is 305 g/mol. The molecule has 0 unspecified atom stereocenters. The van der Waals surface area contributed by atoms with Crippen LogP contribution in [0, 0.1) is 6.92 Å². The summed E-state index contributed by atoms with van der Waals surface area (Å²) in [5, 5.41) is 13.0. The van der Waals surface area contributed by atoms with E-state index in [0.29, 0.717) is 24.4 Å². The first-order valence-corrected chi connectivity index (χ1v) is 6.92. The molecule has 1 N–H and O–H groups in total. The fourth-order valence-electron chi connectivity index (χ4n) is 2.23. The van der Waals surface area contributed by atoms with Gasteiger partial charge in [0.05, 0.1) is 6.54 Å². The number of aryl methyl sites for hydroxylation is 3. The molecule has 0 aliphatic heterocycles. The van der Waals surface area contributed by atoms with Crippen molar-refractivity contribution in [1.29, 1.82) is 0 Å². The third-order valence-corrected chi connectivity index (χ3v) is 3.54. The smallest absolute Gasteiger partial charge is 0.339 e. The Bertz CT molecular complexity index is 687. The highest BCUT2D eigenvalue weighted by molar-refractivity contribution is 5.88. The summed E-state index contributed by atoms with van der Waals surface area (Å²) in [4.78, 5) is 24.6. The quantitative estimate of drug-likeness (QED) is 0.876. The van der Waals surface area contributed by atoms with Gasteiger partial charge in [-0.1, -0.05) is 0 Å². The Balaban J connectivity index is 1.92. The third kappa shape index (κ3) is 3.55. The van der Waals surface area contributed by atoms with Gasteiger partial charge in [0.25, 0.3) is 0 Å². The third-order valence-electron chi connectivity index (χ3n) is 3.54. The highest BCUT2D eigenvalue weighted by atomic mass is 16.4. The molecule has 1 amide bonds. The second kappa shape index (κ2) is 6.46. The van der Waals surface area contributed by atoms with E-state index in [4.69, 9.17) is 9.52 Å². The Labute approximate surface area is 128 Å². The number of aromatic carboxylic acids is 1. The minimum Gasteiger partial charge on any atom is -0.478 e. The fourth-order valence-corrected chi connectivity index (χ4v) is 2.23. The first kappa shape index (κ1) is 15.8. The van der Waals surface area contributed by atoms with Gasteiger partial charge in [0, 0.05) is 32.4 Å². The molecule has 0 saturated heterocycles. The Morgan fingerprint density at radius 3 is 2.73 bits per heavy atom. The lowest BCUT2D eigenvalue weighted by atomic mass is 10.2. The van der Waals surface area contributed by atoms with E-state index in [2.05, 4.69) is 5.10 Å². The van der Waals surface area contributed by atoms with E-state index in [1.165, 1.54) is 11.0 Å². The number of hydrogen-bond donors (Lipinski definition) is 1. The molecule has 0 aliphatic rings. The Morgan fingerprint density at radius 2 is 2.18 bits per heavy atom. The standard InChI is InChI=1S/C15H19N3O4/c1-10-13(15(20)21)8-12(22-10)9-17(2)14(19)5-4-11-6-7-16-18(11)3/h6-8H,4-5,9H2,1-3H3,(H,20,21). The highest BCUT2D eigenvalue weighted by Crippen LogP contribution is 2.16. The lowest BCUT2D eigenvalue weighted by Crippen LogP contribution is -2.26.